The summed E-state index contributed by atoms with van der Waals surface area (Å²) < 4.78 is 31.4. The highest BCUT2D eigenvalue weighted by molar-refractivity contribution is 5.75. The van der Waals surface area contributed by atoms with Crippen LogP contribution in [0, 0.1) is 56.2 Å². The lowest BCUT2D eigenvalue weighted by atomic mass is 9.41. The third kappa shape index (κ3) is 4.49. The van der Waals surface area contributed by atoms with Crippen LogP contribution in [-0.2, 0) is 28.5 Å². The number of rotatable bonds is 5. The van der Waals surface area contributed by atoms with Gasteiger partial charge in [-0.1, -0.05) is 34.6 Å². The van der Waals surface area contributed by atoms with Gasteiger partial charge in [0, 0.05) is 6.54 Å². The highest BCUT2D eigenvalue weighted by Crippen LogP contribution is 2.89. The predicted octanol–water partition coefficient (Wildman–Crippen LogP) is 6.86. The number of carbonyl (C=O) groups excluding carboxylic acids is 1. The average molecular weight is 642 g/mol. The number of morpholine rings is 1. The Labute approximate surface area is 278 Å². The van der Waals surface area contributed by atoms with Gasteiger partial charge in [-0.3, -0.25) is 9.69 Å². The van der Waals surface area contributed by atoms with Crippen molar-refractivity contribution in [3.8, 4) is 0 Å². The van der Waals surface area contributed by atoms with Crippen molar-refractivity contribution >= 4 is 5.97 Å². The van der Waals surface area contributed by atoms with Crippen LogP contribution in [0.5, 0.6) is 0 Å². The maximum absolute atomic E-state index is 12.6. The molecule has 0 aromatic carbocycles. The molecule has 8 aliphatic rings. The fraction of sp³-hybridized carbons (Fsp3) is 0.974. The zero-order chi connectivity index (χ0) is 32.5. The van der Waals surface area contributed by atoms with E-state index in [0.717, 1.165) is 51.2 Å². The second kappa shape index (κ2) is 10.6. The van der Waals surface area contributed by atoms with Gasteiger partial charge in [-0.15, -0.1) is 0 Å². The zero-order valence-corrected chi connectivity index (χ0v) is 30.2. The number of ether oxygens (including phenoxy) is 5. The third-order valence-corrected chi connectivity index (χ3v) is 16.2. The fourth-order valence-electron chi connectivity index (χ4n) is 13.8. The van der Waals surface area contributed by atoms with Crippen molar-refractivity contribution in [1.29, 1.82) is 0 Å². The van der Waals surface area contributed by atoms with Crippen LogP contribution in [0.2, 0.25) is 0 Å². The van der Waals surface area contributed by atoms with Crippen LogP contribution < -0.4 is 0 Å². The molecule has 0 N–H and O–H groups in total. The molecule has 3 aliphatic heterocycles. The Kier molecular flexibility index (Phi) is 7.51. The van der Waals surface area contributed by atoms with Crippen LogP contribution in [0.4, 0.5) is 0 Å². The molecule has 0 bridgehead atoms. The molecule has 7 nitrogen and oxygen atoms in total. The summed E-state index contributed by atoms with van der Waals surface area (Å²) in [7, 11) is 0. The van der Waals surface area contributed by atoms with Crippen LogP contribution in [-0.4, -0.2) is 81.0 Å². The summed E-state index contributed by atoms with van der Waals surface area (Å²) in [5, 5.41) is 0. The molecule has 10 unspecified atom stereocenters. The lowest BCUT2D eigenvalue weighted by Gasteiger charge is -2.63. The molecular weight excluding hydrogens is 578 g/mol. The molecular formula is C39H63NO6. The molecule has 8 rings (SSSR count). The second-order valence-corrected chi connectivity index (χ2v) is 19.6. The molecule has 8 fully saturated rings. The summed E-state index contributed by atoms with van der Waals surface area (Å²) in [4.78, 5) is 15.1. The largest absolute Gasteiger partial charge is 0.463 e. The minimum absolute atomic E-state index is 0.0187. The highest BCUT2D eigenvalue weighted by Gasteiger charge is 2.83. The van der Waals surface area contributed by atoms with Crippen molar-refractivity contribution < 1.29 is 28.5 Å². The fourth-order valence-corrected chi connectivity index (χ4v) is 13.8. The van der Waals surface area contributed by atoms with E-state index in [-0.39, 0.29) is 36.0 Å². The van der Waals surface area contributed by atoms with Gasteiger partial charge in [0.05, 0.1) is 56.1 Å². The van der Waals surface area contributed by atoms with Gasteiger partial charge in [0.25, 0.3) is 0 Å². The summed E-state index contributed by atoms with van der Waals surface area (Å²) in [5.74, 6) is 2.57. The Bertz CT molecular complexity index is 1210. The number of carbonyl (C=O) groups is 1. The van der Waals surface area contributed by atoms with Gasteiger partial charge in [0.2, 0.25) is 0 Å². The van der Waals surface area contributed by atoms with E-state index in [2.05, 4.69) is 39.5 Å². The quantitative estimate of drug-likeness (QED) is 0.304. The molecule has 3 saturated heterocycles. The zero-order valence-electron chi connectivity index (χ0n) is 30.2. The monoisotopic (exact) mass is 641 g/mol. The van der Waals surface area contributed by atoms with Gasteiger partial charge in [0.15, 0.2) is 6.29 Å². The molecule has 0 radical (unpaired) electrons. The molecule has 0 aromatic rings. The summed E-state index contributed by atoms with van der Waals surface area (Å²) in [6.45, 7) is 23.4. The summed E-state index contributed by atoms with van der Waals surface area (Å²) >= 11 is 0. The van der Waals surface area contributed by atoms with Crippen molar-refractivity contribution in [3.05, 3.63) is 0 Å². The van der Waals surface area contributed by atoms with Gasteiger partial charge in [0.1, 0.15) is 6.61 Å². The Balaban J connectivity index is 0.974. The Hall–Kier alpha value is -0.730. The maximum atomic E-state index is 12.6. The van der Waals surface area contributed by atoms with Crippen molar-refractivity contribution in [2.75, 3.05) is 39.5 Å². The summed E-state index contributed by atoms with van der Waals surface area (Å²) in [5.41, 5.74) is 1.25. The first-order valence-corrected chi connectivity index (χ1v) is 19.1. The summed E-state index contributed by atoms with van der Waals surface area (Å²) in [6, 6.07) is 0.544. The molecule has 5 saturated carbocycles. The van der Waals surface area contributed by atoms with Crippen molar-refractivity contribution in [3.63, 3.8) is 0 Å². The molecule has 2 spiro atoms. The molecule has 0 amide bonds. The smallest absolute Gasteiger partial charge is 0.311 e. The van der Waals surface area contributed by atoms with Crippen molar-refractivity contribution in [2.24, 2.45) is 56.2 Å². The Morgan fingerprint density at radius 3 is 2.41 bits per heavy atom. The van der Waals surface area contributed by atoms with Gasteiger partial charge in [-0.25, -0.2) is 0 Å². The average Bonchev–Trinajstić information content (AvgIpc) is 3.55. The van der Waals surface area contributed by atoms with E-state index in [1.54, 1.807) is 0 Å². The number of hydrogen-bond acceptors (Lipinski definition) is 7. The molecule has 3 heterocycles. The van der Waals surface area contributed by atoms with E-state index in [9.17, 15) is 4.79 Å². The first-order valence-electron chi connectivity index (χ1n) is 19.1. The van der Waals surface area contributed by atoms with E-state index in [0.29, 0.717) is 46.1 Å². The van der Waals surface area contributed by atoms with E-state index >= 15 is 0 Å². The van der Waals surface area contributed by atoms with E-state index in [1.807, 2.05) is 20.8 Å². The van der Waals surface area contributed by atoms with E-state index < -0.39 is 5.41 Å². The lowest BCUT2D eigenvalue weighted by molar-refractivity contribution is -0.255. The van der Waals surface area contributed by atoms with Crippen molar-refractivity contribution in [1.82, 2.24) is 4.90 Å². The molecule has 260 valence electrons. The minimum Gasteiger partial charge on any atom is -0.463 e. The molecule has 46 heavy (non-hydrogen) atoms. The second-order valence-electron chi connectivity index (χ2n) is 19.6. The normalized spacial score (nSPS) is 51.5. The van der Waals surface area contributed by atoms with Crippen LogP contribution in [0.1, 0.15) is 113 Å². The van der Waals surface area contributed by atoms with Gasteiger partial charge >= 0.3 is 5.97 Å². The van der Waals surface area contributed by atoms with E-state index in [1.165, 1.54) is 51.4 Å². The molecule has 5 aliphatic carbocycles. The standard InChI is InChI=1S/C39H63NO6/c1-24-17-26(22-44-33(41)34(2,3)4)45-27-18-37(8)29-10-9-28-35(5,6)30(46-31-19-40(15-16-43-31)25-20-42-21-25)11-12-38(28)23-39(29,38)14-13-36(37,7)32(24)27/h24-32H,9-23H2,1-8H3/t24-,26?,27?,28?,29?,30?,31?,32?,36?,37+,38?,39?/m1/s1. The summed E-state index contributed by atoms with van der Waals surface area (Å²) in [6.07, 6.45) is 12.0. The Morgan fingerprint density at radius 2 is 1.70 bits per heavy atom. The van der Waals surface area contributed by atoms with Crippen LogP contribution in [0.25, 0.3) is 0 Å². The number of nitrogens with zero attached hydrogens (tertiary/aromatic N) is 1. The lowest BCUT2D eigenvalue weighted by Crippen LogP contribution is -2.59. The van der Waals surface area contributed by atoms with Gasteiger partial charge < -0.3 is 23.7 Å². The molecule has 0 aromatic heterocycles. The third-order valence-electron chi connectivity index (χ3n) is 16.2. The maximum Gasteiger partial charge on any atom is 0.311 e. The predicted molar refractivity (Wildman–Crippen MR) is 176 cm³/mol. The van der Waals surface area contributed by atoms with Crippen LogP contribution in [0.15, 0.2) is 0 Å². The van der Waals surface area contributed by atoms with Crippen LogP contribution >= 0.6 is 0 Å². The number of hydrogen-bond donors (Lipinski definition) is 0. The number of fused-ring (bicyclic) bond motifs is 4. The molecule has 7 heteroatoms. The topological polar surface area (TPSA) is 66.5 Å². The molecule has 12 atom stereocenters. The Morgan fingerprint density at radius 1 is 0.957 bits per heavy atom. The first-order chi connectivity index (χ1) is 21.6. The number of esters is 1. The van der Waals surface area contributed by atoms with Crippen LogP contribution in [0.3, 0.4) is 0 Å². The van der Waals surface area contributed by atoms with E-state index in [4.69, 9.17) is 23.7 Å². The SMILES string of the molecule is C[C@@H]1CC(COC(=O)C(C)(C)C)OC2C[C@@]3(C)C4CCC5C(C)(C)C(OC6CN(C7COC7)CCO6)CCC56CC46CCC3(C)C21. The van der Waals surface area contributed by atoms with Crippen molar-refractivity contribution in [2.45, 2.75) is 144 Å². The minimum atomic E-state index is -0.477. The highest BCUT2D eigenvalue weighted by atomic mass is 16.7. The van der Waals surface area contributed by atoms with Gasteiger partial charge in [-0.05, 0) is 129 Å². The van der Waals surface area contributed by atoms with Gasteiger partial charge in [-0.2, -0.15) is 0 Å². The first kappa shape index (κ1) is 32.5.